The molecule has 1 saturated heterocycles. The highest BCUT2D eigenvalue weighted by atomic mass is 35.5. The van der Waals surface area contributed by atoms with Gasteiger partial charge in [-0.3, -0.25) is 0 Å². The van der Waals surface area contributed by atoms with E-state index in [1.807, 2.05) is 47.8 Å². The lowest BCUT2D eigenvalue weighted by Crippen LogP contribution is -2.33. The monoisotopic (exact) mass is 399 g/mol. The largest absolute Gasteiger partial charge is 0.411 e. The quantitative estimate of drug-likeness (QED) is 0.314. The first-order valence-corrected chi connectivity index (χ1v) is 10.8. The number of fused-ring (bicyclic) bond motifs is 1. The van der Waals surface area contributed by atoms with Gasteiger partial charge in [0.2, 0.25) is 0 Å². The van der Waals surface area contributed by atoms with E-state index in [9.17, 15) is 5.21 Å². The van der Waals surface area contributed by atoms with Crippen LogP contribution in [0.3, 0.4) is 0 Å². The highest BCUT2D eigenvalue weighted by Crippen LogP contribution is 2.54. The summed E-state index contributed by atoms with van der Waals surface area (Å²) in [6.07, 6.45) is 1.14. The van der Waals surface area contributed by atoms with Crippen molar-refractivity contribution in [2.75, 3.05) is 11.5 Å². The number of hydrogen-bond acceptors (Lipinski definition) is 4. The highest BCUT2D eigenvalue weighted by molar-refractivity contribution is 8.19. The molecule has 0 amide bonds. The summed E-state index contributed by atoms with van der Waals surface area (Å²) in [6, 6.07) is 22.3. The molecule has 1 fully saturated rings. The van der Waals surface area contributed by atoms with Gasteiger partial charge in [0.1, 0.15) is 9.79 Å². The molecule has 4 rings (SSSR count). The van der Waals surface area contributed by atoms with Crippen molar-refractivity contribution in [3.8, 4) is 0 Å². The Labute approximate surface area is 166 Å². The molecule has 0 spiro atoms. The Kier molecular flexibility index (Phi) is 5.16. The normalized spacial score (nSPS) is 17.3. The maximum atomic E-state index is 10.1. The minimum atomic E-state index is -0.487. The molecule has 3 aromatic carbocycles. The van der Waals surface area contributed by atoms with Gasteiger partial charge in [0.15, 0.2) is 0 Å². The molecular formula is C21H18ClNOS2. The summed E-state index contributed by atoms with van der Waals surface area (Å²) in [4.78, 5) is 0. The fourth-order valence-corrected chi connectivity index (χ4v) is 7.05. The predicted octanol–water partition coefficient (Wildman–Crippen LogP) is 6.39. The molecule has 2 nitrogen and oxygen atoms in total. The number of benzene rings is 3. The summed E-state index contributed by atoms with van der Waals surface area (Å²) in [6.45, 7) is 0. The van der Waals surface area contributed by atoms with Gasteiger partial charge in [-0.2, -0.15) is 0 Å². The first-order valence-electron chi connectivity index (χ1n) is 8.50. The number of oxime groups is 1. The number of halogens is 1. The SMILES string of the molecule is O/N=C(\c1ccccc1Cl)C1(c2cccc3ccccc23)SCCCS1. The van der Waals surface area contributed by atoms with E-state index < -0.39 is 4.08 Å². The summed E-state index contributed by atoms with van der Waals surface area (Å²) in [5.74, 6) is 2.03. The highest BCUT2D eigenvalue weighted by Gasteiger charge is 2.43. The molecule has 0 aromatic heterocycles. The molecule has 1 aliphatic rings. The van der Waals surface area contributed by atoms with Crippen molar-refractivity contribution < 1.29 is 5.21 Å². The summed E-state index contributed by atoms with van der Waals surface area (Å²) in [5, 5.41) is 16.8. The molecule has 1 heterocycles. The van der Waals surface area contributed by atoms with Crippen LogP contribution in [0.2, 0.25) is 5.02 Å². The van der Waals surface area contributed by atoms with Crippen molar-refractivity contribution in [1.82, 2.24) is 0 Å². The Hall–Kier alpha value is -1.62. The Balaban J connectivity index is 1.98. The van der Waals surface area contributed by atoms with Crippen LogP contribution in [0.4, 0.5) is 0 Å². The molecule has 3 aromatic rings. The van der Waals surface area contributed by atoms with Gasteiger partial charge in [0.05, 0.1) is 0 Å². The lowest BCUT2D eigenvalue weighted by molar-refractivity contribution is 0.318. The molecular weight excluding hydrogens is 382 g/mol. The standard InChI is InChI=1S/C21H18ClNOS2/c22-19-12-4-3-10-17(19)20(23-24)21(25-13-6-14-26-21)18-11-5-8-15-7-1-2-9-16(15)18/h1-5,7-12,24H,6,13-14H2/b23-20+. The lowest BCUT2D eigenvalue weighted by Gasteiger charge is -2.38. The van der Waals surface area contributed by atoms with Crippen LogP contribution in [0.1, 0.15) is 17.5 Å². The molecule has 0 aliphatic carbocycles. The second kappa shape index (κ2) is 7.55. The van der Waals surface area contributed by atoms with E-state index in [-0.39, 0.29) is 0 Å². The number of hydrogen-bond donors (Lipinski definition) is 1. The van der Waals surface area contributed by atoms with Crippen LogP contribution in [-0.2, 0) is 4.08 Å². The zero-order chi connectivity index (χ0) is 18.0. The molecule has 0 unspecified atom stereocenters. The van der Waals surface area contributed by atoms with E-state index in [1.165, 1.54) is 10.8 Å². The molecule has 0 saturated carbocycles. The van der Waals surface area contributed by atoms with Gasteiger partial charge in [-0.15, -0.1) is 23.5 Å². The molecule has 5 heteroatoms. The van der Waals surface area contributed by atoms with Crippen LogP contribution in [0.25, 0.3) is 10.8 Å². The summed E-state index contributed by atoms with van der Waals surface area (Å²) in [5.41, 5.74) is 2.57. The third-order valence-electron chi connectivity index (χ3n) is 4.58. The first kappa shape index (κ1) is 17.8. The Bertz CT molecular complexity index is 962. The van der Waals surface area contributed by atoms with Gasteiger partial charge < -0.3 is 5.21 Å². The van der Waals surface area contributed by atoms with E-state index in [0.717, 1.165) is 29.1 Å². The number of thioether (sulfide) groups is 2. The number of rotatable bonds is 3. The lowest BCUT2D eigenvalue weighted by atomic mass is 9.96. The molecule has 0 radical (unpaired) electrons. The van der Waals surface area contributed by atoms with Gasteiger partial charge >= 0.3 is 0 Å². The molecule has 1 aliphatic heterocycles. The second-order valence-electron chi connectivity index (χ2n) is 6.12. The van der Waals surface area contributed by atoms with Gasteiger partial charge in [0.25, 0.3) is 0 Å². The maximum Gasteiger partial charge on any atom is 0.133 e. The topological polar surface area (TPSA) is 32.6 Å². The van der Waals surface area contributed by atoms with Crippen molar-refractivity contribution in [3.05, 3.63) is 82.9 Å². The average molecular weight is 400 g/mol. The molecule has 1 N–H and O–H groups in total. The van der Waals surface area contributed by atoms with Crippen molar-refractivity contribution in [3.63, 3.8) is 0 Å². The van der Waals surface area contributed by atoms with Crippen LogP contribution in [-0.4, -0.2) is 22.4 Å². The van der Waals surface area contributed by atoms with Crippen molar-refractivity contribution >= 4 is 51.6 Å². The van der Waals surface area contributed by atoms with E-state index in [4.69, 9.17) is 11.6 Å². The van der Waals surface area contributed by atoms with Crippen molar-refractivity contribution in [2.24, 2.45) is 5.16 Å². The average Bonchev–Trinajstić information content (AvgIpc) is 2.70. The smallest absolute Gasteiger partial charge is 0.133 e. The minimum absolute atomic E-state index is 0.487. The summed E-state index contributed by atoms with van der Waals surface area (Å²) in [7, 11) is 0. The van der Waals surface area contributed by atoms with Crippen LogP contribution in [0.5, 0.6) is 0 Å². The first-order chi connectivity index (χ1) is 12.8. The molecule has 0 atom stereocenters. The van der Waals surface area contributed by atoms with Crippen LogP contribution in [0.15, 0.2) is 71.9 Å². The van der Waals surface area contributed by atoms with Gasteiger partial charge in [0, 0.05) is 10.6 Å². The fourth-order valence-electron chi connectivity index (χ4n) is 3.41. The van der Waals surface area contributed by atoms with E-state index in [1.54, 1.807) is 0 Å². The van der Waals surface area contributed by atoms with Crippen molar-refractivity contribution in [2.45, 2.75) is 10.5 Å². The third-order valence-corrected chi connectivity index (χ3v) is 8.25. The predicted molar refractivity (Wildman–Crippen MR) is 115 cm³/mol. The Morgan fingerprint density at radius 1 is 0.923 bits per heavy atom. The Morgan fingerprint density at radius 3 is 2.38 bits per heavy atom. The van der Waals surface area contributed by atoms with E-state index >= 15 is 0 Å². The Morgan fingerprint density at radius 2 is 1.62 bits per heavy atom. The van der Waals surface area contributed by atoms with Gasteiger partial charge in [-0.25, -0.2) is 0 Å². The molecule has 132 valence electrons. The number of nitrogens with zero attached hydrogens (tertiary/aromatic N) is 1. The molecule has 26 heavy (non-hydrogen) atoms. The zero-order valence-electron chi connectivity index (χ0n) is 14.1. The third kappa shape index (κ3) is 3.00. The van der Waals surface area contributed by atoms with E-state index in [2.05, 4.69) is 47.6 Å². The zero-order valence-corrected chi connectivity index (χ0v) is 16.4. The molecule has 0 bridgehead atoms. The maximum absolute atomic E-state index is 10.1. The van der Waals surface area contributed by atoms with Gasteiger partial charge in [-0.05, 0) is 40.3 Å². The van der Waals surface area contributed by atoms with Crippen LogP contribution >= 0.6 is 35.1 Å². The minimum Gasteiger partial charge on any atom is -0.411 e. The fraction of sp³-hybridized carbons (Fsp3) is 0.190. The second-order valence-corrected chi connectivity index (χ2v) is 9.41. The van der Waals surface area contributed by atoms with E-state index in [0.29, 0.717) is 10.7 Å². The van der Waals surface area contributed by atoms with Crippen molar-refractivity contribution in [1.29, 1.82) is 0 Å². The van der Waals surface area contributed by atoms with Crippen LogP contribution < -0.4 is 0 Å². The van der Waals surface area contributed by atoms with Crippen LogP contribution in [0, 0.1) is 0 Å². The summed E-state index contributed by atoms with van der Waals surface area (Å²) < 4.78 is -0.487. The van der Waals surface area contributed by atoms with Gasteiger partial charge in [-0.1, -0.05) is 77.4 Å². The summed E-state index contributed by atoms with van der Waals surface area (Å²) >= 11 is 10.1.